The van der Waals surface area contributed by atoms with Crippen molar-refractivity contribution >= 4 is 11.3 Å². The van der Waals surface area contributed by atoms with Gasteiger partial charge >= 0.3 is 0 Å². The normalized spacial score (nSPS) is 19.4. The number of ether oxygens (including phenoxy) is 1. The number of rotatable bonds is 2. The van der Waals surface area contributed by atoms with Crippen LogP contribution in [0.1, 0.15) is 18.5 Å². The second-order valence-corrected chi connectivity index (χ2v) is 5.14. The van der Waals surface area contributed by atoms with Crippen LogP contribution in [0.15, 0.2) is 28.2 Å². The van der Waals surface area contributed by atoms with Gasteiger partial charge in [0, 0.05) is 18.6 Å². The van der Waals surface area contributed by atoms with E-state index in [4.69, 9.17) is 14.9 Å². The zero-order valence-corrected chi connectivity index (χ0v) is 10.2. The van der Waals surface area contributed by atoms with E-state index in [1.54, 1.807) is 17.6 Å². The molecule has 3 heterocycles. The van der Waals surface area contributed by atoms with Crippen molar-refractivity contribution in [2.45, 2.75) is 18.4 Å². The lowest BCUT2D eigenvalue weighted by atomic mass is 9.88. The minimum absolute atomic E-state index is 0.334. The van der Waals surface area contributed by atoms with Crippen LogP contribution >= 0.6 is 11.3 Å². The van der Waals surface area contributed by atoms with Gasteiger partial charge < -0.3 is 14.9 Å². The smallest absolute Gasteiger partial charge is 0.162 e. The van der Waals surface area contributed by atoms with Crippen LogP contribution in [0.3, 0.4) is 0 Å². The predicted molar refractivity (Wildman–Crippen MR) is 65.7 cm³/mol. The van der Waals surface area contributed by atoms with E-state index in [9.17, 15) is 0 Å². The van der Waals surface area contributed by atoms with Crippen LogP contribution in [0.5, 0.6) is 0 Å². The second kappa shape index (κ2) is 4.25. The topological polar surface area (TPSA) is 61.3 Å². The lowest BCUT2D eigenvalue weighted by molar-refractivity contribution is 0.0510. The molecule has 1 aliphatic heterocycles. The largest absolute Gasteiger partial charge is 0.462 e. The number of aromatic nitrogens is 1. The third-order valence-electron chi connectivity index (χ3n) is 3.13. The van der Waals surface area contributed by atoms with E-state index in [2.05, 4.69) is 4.98 Å². The molecule has 4 nitrogen and oxygen atoms in total. The van der Waals surface area contributed by atoms with Gasteiger partial charge in [0.05, 0.1) is 17.5 Å². The van der Waals surface area contributed by atoms with Gasteiger partial charge in [-0.05, 0) is 25.0 Å². The molecular formula is C12H14N2O2S. The Morgan fingerprint density at radius 2 is 2.18 bits per heavy atom. The fourth-order valence-electron chi connectivity index (χ4n) is 2.01. The van der Waals surface area contributed by atoms with E-state index in [0.717, 1.165) is 29.3 Å². The monoisotopic (exact) mass is 250 g/mol. The number of nitrogens with two attached hydrogens (primary N) is 1. The highest BCUT2D eigenvalue weighted by Gasteiger charge is 2.32. The van der Waals surface area contributed by atoms with Crippen molar-refractivity contribution in [3.8, 4) is 10.8 Å². The highest BCUT2D eigenvalue weighted by atomic mass is 32.1. The van der Waals surface area contributed by atoms with Gasteiger partial charge in [0.15, 0.2) is 10.8 Å². The Morgan fingerprint density at radius 3 is 2.88 bits per heavy atom. The van der Waals surface area contributed by atoms with Crippen molar-refractivity contribution in [1.82, 2.24) is 4.98 Å². The molecule has 5 heteroatoms. The third-order valence-corrected chi connectivity index (χ3v) is 3.99. The number of furan rings is 1. The molecule has 0 bridgehead atoms. The lowest BCUT2D eigenvalue weighted by Crippen LogP contribution is -2.42. The molecule has 2 aromatic heterocycles. The first kappa shape index (κ1) is 11.0. The summed E-state index contributed by atoms with van der Waals surface area (Å²) in [7, 11) is 0. The minimum Gasteiger partial charge on any atom is -0.462 e. The minimum atomic E-state index is -0.334. The van der Waals surface area contributed by atoms with Crippen molar-refractivity contribution in [1.29, 1.82) is 0 Å². The third kappa shape index (κ3) is 2.01. The van der Waals surface area contributed by atoms with Crippen LogP contribution in [0.4, 0.5) is 0 Å². The first-order valence-electron chi connectivity index (χ1n) is 5.64. The zero-order valence-electron chi connectivity index (χ0n) is 9.39. The fraction of sp³-hybridized carbons (Fsp3) is 0.417. The second-order valence-electron chi connectivity index (χ2n) is 4.28. The van der Waals surface area contributed by atoms with Crippen molar-refractivity contribution in [3.05, 3.63) is 29.5 Å². The summed E-state index contributed by atoms with van der Waals surface area (Å²) < 4.78 is 10.7. The van der Waals surface area contributed by atoms with Crippen molar-refractivity contribution in [2.75, 3.05) is 13.2 Å². The number of thiazole rings is 1. The van der Waals surface area contributed by atoms with Crippen molar-refractivity contribution < 1.29 is 9.15 Å². The summed E-state index contributed by atoms with van der Waals surface area (Å²) in [6.45, 7) is 1.42. The first-order valence-corrected chi connectivity index (χ1v) is 6.52. The molecule has 2 N–H and O–H groups in total. The highest BCUT2D eigenvalue weighted by molar-refractivity contribution is 7.13. The van der Waals surface area contributed by atoms with Gasteiger partial charge in [-0.25, -0.2) is 4.98 Å². The van der Waals surface area contributed by atoms with E-state index in [1.807, 2.05) is 17.5 Å². The quantitative estimate of drug-likeness (QED) is 0.888. The fourth-order valence-corrected chi connectivity index (χ4v) is 2.90. The number of hydrogen-bond donors (Lipinski definition) is 1. The Morgan fingerprint density at radius 1 is 1.35 bits per heavy atom. The predicted octanol–water partition coefficient (Wildman–Crippen LogP) is 2.37. The van der Waals surface area contributed by atoms with Gasteiger partial charge in [0.25, 0.3) is 0 Å². The molecule has 2 aromatic rings. The molecule has 0 saturated carbocycles. The summed E-state index contributed by atoms with van der Waals surface area (Å²) in [5.41, 5.74) is 7.00. The van der Waals surface area contributed by atoms with Gasteiger partial charge in [0.1, 0.15) is 0 Å². The lowest BCUT2D eigenvalue weighted by Gasteiger charge is -2.31. The van der Waals surface area contributed by atoms with Crippen molar-refractivity contribution in [3.63, 3.8) is 0 Å². The average molecular weight is 250 g/mol. The molecule has 0 aliphatic carbocycles. The molecule has 1 saturated heterocycles. The molecule has 0 amide bonds. The Hall–Kier alpha value is -1.17. The summed E-state index contributed by atoms with van der Waals surface area (Å²) in [4.78, 5) is 4.59. The first-order chi connectivity index (χ1) is 8.28. The maximum absolute atomic E-state index is 6.38. The Bertz CT molecular complexity index is 486. The molecule has 1 aliphatic rings. The standard InChI is InChI=1S/C12H14N2O2S/c13-12(3-6-15-7-4-12)10-8-17-11(14-10)9-2-1-5-16-9/h1-2,5,8H,3-4,6-7,13H2. The van der Waals surface area contributed by atoms with Gasteiger partial charge in [-0.15, -0.1) is 11.3 Å². The summed E-state index contributed by atoms with van der Waals surface area (Å²) in [5.74, 6) is 0.803. The van der Waals surface area contributed by atoms with Gasteiger partial charge in [-0.2, -0.15) is 0 Å². The molecule has 0 unspecified atom stereocenters. The van der Waals surface area contributed by atoms with Gasteiger partial charge in [0.2, 0.25) is 0 Å². The van der Waals surface area contributed by atoms with Crippen molar-refractivity contribution in [2.24, 2.45) is 5.73 Å². The van der Waals surface area contributed by atoms with E-state index < -0.39 is 0 Å². The highest BCUT2D eigenvalue weighted by Crippen LogP contribution is 2.33. The van der Waals surface area contributed by atoms with Crippen LogP contribution in [0.25, 0.3) is 10.8 Å². The summed E-state index contributed by atoms with van der Waals surface area (Å²) in [5, 5.41) is 2.92. The molecule has 3 rings (SSSR count). The van der Waals surface area contributed by atoms with Crippen LogP contribution < -0.4 is 5.73 Å². The van der Waals surface area contributed by atoms with E-state index in [-0.39, 0.29) is 5.54 Å². The van der Waals surface area contributed by atoms with Crippen LogP contribution in [-0.4, -0.2) is 18.2 Å². The zero-order chi connectivity index (χ0) is 11.7. The summed E-state index contributed by atoms with van der Waals surface area (Å²) in [6.07, 6.45) is 3.31. The molecule has 0 atom stereocenters. The Labute approximate surface area is 103 Å². The van der Waals surface area contributed by atoms with Gasteiger partial charge in [-0.3, -0.25) is 0 Å². The van der Waals surface area contributed by atoms with E-state index in [0.29, 0.717) is 13.2 Å². The van der Waals surface area contributed by atoms with Crippen LogP contribution in [0.2, 0.25) is 0 Å². The average Bonchev–Trinajstić information content (AvgIpc) is 3.01. The number of nitrogens with zero attached hydrogens (tertiary/aromatic N) is 1. The molecule has 0 aromatic carbocycles. The maximum Gasteiger partial charge on any atom is 0.162 e. The molecule has 0 radical (unpaired) electrons. The molecular weight excluding hydrogens is 236 g/mol. The molecule has 90 valence electrons. The van der Waals surface area contributed by atoms with E-state index >= 15 is 0 Å². The Balaban J connectivity index is 1.89. The SMILES string of the molecule is NC1(c2csc(-c3ccco3)n2)CCOCC1. The molecule has 17 heavy (non-hydrogen) atoms. The van der Waals surface area contributed by atoms with E-state index in [1.165, 1.54) is 0 Å². The number of hydrogen-bond acceptors (Lipinski definition) is 5. The summed E-state index contributed by atoms with van der Waals surface area (Å²) >= 11 is 1.57. The Kier molecular flexibility index (Phi) is 2.74. The molecule has 0 spiro atoms. The van der Waals surface area contributed by atoms with Crippen LogP contribution in [-0.2, 0) is 10.3 Å². The molecule has 1 fully saturated rings. The van der Waals surface area contributed by atoms with Gasteiger partial charge in [-0.1, -0.05) is 0 Å². The summed E-state index contributed by atoms with van der Waals surface area (Å²) in [6, 6.07) is 3.78. The van der Waals surface area contributed by atoms with Crippen LogP contribution in [0, 0.1) is 0 Å². The maximum atomic E-state index is 6.38.